The van der Waals surface area contributed by atoms with E-state index in [1.54, 1.807) is 11.8 Å². The molecule has 3 heterocycles. The maximum absolute atomic E-state index is 12.7. The van der Waals surface area contributed by atoms with Gasteiger partial charge in [0.2, 0.25) is 0 Å². The predicted octanol–water partition coefficient (Wildman–Crippen LogP) is 2.38. The van der Waals surface area contributed by atoms with Crippen LogP contribution in [0.15, 0.2) is 22.6 Å². The number of carbonyl (C=O) groups excluding carboxylic acids is 1. The van der Waals surface area contributed by atoms with E-state index in [-0.39, 0.29) is 23.3 Å². The standard InChI is InChI=1S/C19H24N4O4/c1-4-15-14(19(25)26)11-16(27-15)18(24)23-9-7-13(8-10-23)22(3)17-6-5-12(2)20-21-17/h5-6,11,13H,4,7-10H2,1-3H3,(H,25,26). The Labute approximate surface area is 157 Å². The number of amides is 1. The number of furan rings is 1. The number of anilines is 1. The summed E-state index contributed by atoms with van der Waals surface area (Å²) >= 11 is 0. The van der Waals surface area contributed by atoms with E-state index in [9.17, 15) is 14.7 Å². The summed E-state index contributed by atoms with van der Waals surface area (Å²) in [6.07, 6.45) is 2.02. The van der Waals surface area contributed by atoms with Gasteiger partial charge in [0.1, 0.15) is 11.3 Å². The molecule has 0 aliphatic carbocycles. The number of aromatic nitrogens is 2. The maximum atomic E-state index is 12.7. The Hall–Kier alpha value is -2.90. The van der Waals surface area contributed by atoms with Gasteiger partial charge in [-0.1, -0.05) is 6.92 Å². The van der Waals surface area contributed by atoms with Crippen LogP contribution in [-0.4, -0.2) is 58.3 Å². The van der Waals surface area contributed by atoms with Crippen molar-refractivity contribution in [2.75, 3.05) is 25.0 Å². The van der Waals surface area contributed by atoms with Gasteiger partial charge in [-0.05, 0) is 31.9 Å². The van der Waals surface area contributed by atoms with E-state index in [0.717, 1.165) is 24.4 Å². The van der Waals surface area contributed by atoms with Gasteiger partial charge in [-0.2, -0.15) is 5.10 Å². The Balaban J connectivity index is 1.64. The lowest BCUT2D eigenvalue weighted by Crippen LogP contribution is -2.45. The van der Waals surface area contributed by atoms with Crippen LogP contribution in [0.3, 0.4) is 0 Å². The number of aryl methyl sites for hydroxylation is 2. The minimum Gasteiger partial charge on any atom is -0.478 e. The number of carbonyl (C=O) groups is 2. The molecule has 2 aromatic rings. The first kappa shape index (κ1) is 18.9. The lowest BCUT2D eigenvalue weighted by atomic mass is 10.0. The molecule has 1 amide bonds. The normalized spacial score (nSPS) is 15.0. The third-order valence-corrected chi connectivity index (χ3v) is 5.02. The van der Waals surface area contributed by atoms with Crippen molar-refractivity contribution in [1.82, 2.24) is 15.1 Å². The molecule has 0 atom stereocenters. The van der Waals surface area contributed by atoms with Crippen LogP contribution in [0.5, 0.6) is 0 Å². The highest BCUT2D eigenvalue weighted by molar-refractivity contribution is 5.96. The molecule has 1 aliphatic heterocycles. The van der Waals surface area contributed by atoms with E-state index in [0.29, 0.717) is 25.3 Å². The van der Waals surface area contributed by atoms with Crippen molar-refractivity contribution in [3.05, 3.63) is 41.0 Å². The average molecular weight is 372 g/mol. The van der Waals surface area contributed by atoms with E-state index >= 15 is 0 Å². The molecule has 0 aromatic carbocycles. The summed E-state index contributed by atoms with van der Waals surface area (Å²) < 4.78 is 5.49. The molecule has 144 valence electrons. The van der Waals surface area contributed by atoms with Crippen molar-refractivity contribution >= 4 is 17.7 Å². The minimum absolute atomic E-state index is 0.0633. The average Bonchev–Trinajstić information content (AvgIpc) is 3.12. The fourth-order valence-electron chi connectivity index (χ4n) is 3.36. The quantitative estimate of drug-likeness (QED) is 0.860. The van der Waals surface area contributed by atoms with Crippen LogP contribution in [0.25, 0.3) is 0 Å². The first-order chi connectivity index (χ1) is 12.9. The third kappa shape index (κ3) is 3.94. The van der Waals surface area contributed by atoms with Crippen LogP contribution < -0.4 is 4.90 Å². The van der Waals surface area contributed by atoms with Crippen LogP contribution in [0, 0.1) is 6.92 Å². The molecule has 2 aromatic heterocycles. The van der Waals surface area contributed by atoms with Crippen molar-refractivity contribution in [1.29, 1.82) is 0 Å². The van der Waals surface area contributed by atoms with Gasteiger partial charge in [-0.15, -0.1) is 5.10 Å². The molecule has 1 saturated heterocycles. The molecule has 1 fully saturated rings. The molecule has 3 rings (SSSR count). The van der Waals surface area contributed by atoms with Gasteiger partial charge in [-0.3, -0.25) is 4.79 Å². The second-order valence-electron chi connectivity index (χ2n) is 6.77. The zero-order valence-corrected chi connectivity index (χ0v) is 15.8. The van der Waals surface area contributed by atoms with Crippen molar-refractivity contribution in [3.8, 4) is 0 Å². The number of carboxylic acid groups (broad SMARTS) is 1. The SMILES string of the molecule is CCc1oc(C(=O)N2CCC(N(C)c3ccc(C)nn3)CC2)cc1C(=O)O. The largest absolute Gasteiger partial charge is 0.478 e. The molecular formula is C19H24N4O4. The highest BCUT2D eigenvalue weighted by Gasteiger charge is 2.29. The molecular weight excluding hydrogens is 348 g/mol. The van der Waals surface area contributed by atoms with Crippen LogP contribution in [0.4, 0.5) is 5.82 Å². The summed E-state index contributed by atoms with van der Waals surface area (Å²) in [4.78, 5) is 27.8. The molecule has 0 bridgehead atoms. The molecule has 27 heavy (non-hydrogen) atoms. The Morgan fingerprint density at radius 2 is 2.00 bits per heavy atom. The molecule has 0 saturated carbocycles. The first-order valence-corrected chi connectivity index (χ1v) is 9.09. The topological polar surface area (TPSA) is 99.8 Å². The van der Waals surface area contributed by atoms with Gasteiger partial charge in [0.25, 0.3) is 5.91 Å². The summed E-state index contributed by atoms with van der Waals surface area (Å²) in [5.41, 5.74) is 0.937. The van der Waals surface area contributed by atoms with Crippen LogP contribution >= 0.6 is 0 Å². The number of piperidine rings is 1. The van der Waals surface area contributed by atoms with Gasteiger partial charge < -0.3 is 19.3 Å². The Morgan fingerprint density at radius 3 is 2.52 bits per heavy atom. The molecule has 0 unspecified atom stereocenters. The highest BCUT2D eigenvalue weighted by atomic mass is 16.4. The van der Waals surface area contributed by atoms with Crippen LogP contribution in [0.2, 0.25) is 0 Å². The van der Waals surface area contributed by atoms with E-state index < -0.39 is 5.97 Å². The molecule has 1 N–H and O–H groups in total. The number of aromatic carboxylic acids is 1. The summed E-state index contributed by atoms with van der Waals surface area (Å²) in [5, 5.41) is 17.5. The molecule has 8 nitrogen and oxygen atoms in total. The predicted molar refractivity (Wildman–Crippen MR) is 99.1 cm³/mol. The molecule has 0 spiro atoms. The van der Waals surface area contributed by atoms with Crippen molar-refractivity contribution in [2.24, 2.45) is 0 Å². The number of nitrogens with zero attached hydrogens (tertiary/aromatic N) is 4. The second-order valence-corrected chi connectivity index (χ2v) is 6.77. The Morgan fingerprint density at radius 1 is 1.30 bits per heavy atom. The number of rotatable bonds is 5. The van der Waals surface area contributed by atoms with Gasteiger partial charge in [-0.25, -0.2) is 4.79 Å². The minimum atomic E-state index is -1.07. The second kappa shape index (κ2) is 7.77. The fraction of sp³-hybridized carbons (Fsp3) is 0.474. The molecule has 1 aliphatic rings. The summed E-state index contributed by atoms with van der Waals surface area (Å²) in [5.74, 6) is -0.0865. The molecule has 8 heteroatoms. The number of hydrogen-bond donors (Lipinski definition) is 1. The Bertz CT molecular complexity index is 823. The van der Waals surface area contributed by atoms with Crippen molar-refractivity contribution in [2.45, 2.75) is 39.2 Å². The maximum Gasteiger partial charge on any atom is 0.339 e. The van der Waals surface area contributed by atoms with Gasteiger partial charge >= 0.3 is 5.97 Å². The third-order valence-electron chi connectivity index (χ3n) is 5.02. The summed E-state index contributed by atoms with van der Waals surface area (Å²) in [6, 6.07) is 5.48. The van der Waals surface area contributed by atoms with E-state index in [1.165, 1.54) is 6.07 Å². The van der Waals surface area contributed by atoms with E-state index in [2.05, 4.69) is 15.1 Å². The van der Waals surface area contributed by atoms with E-state index in [4.69, 9.17) is 4.42 Å². The van der Waals surface area contributed by atoms with Gasteiger partial charge in [0.15, 0.2) is 11.6 Å². The van der Waals surface area contributed by atoms with Gasteiger partial charge in [0.05, 0.1) is 5.69 Å². The summed E-state index contributed by atoms with van der Waals surface area (Å²) in [6.45, 7) is 4.86. The van der Waals surface area contributed by atoms with E-state index in [1.807, 2.05) is 26.1 Å². The number of likely N-dealkylation sites (tertiary alicyclic amines) is 1. The zero-order valence-electron chi connectivity index (χ0n) is 15.8. The number of carboxylic acids is 1. The summed E-state index contributed by atoms with van der Waals surface area (Å²) in [7, 11) is 1.99. The fourth-order valence-corrected chi connectivity index (χ4v) is 3.36. The van der Waals surface area contributed by atoms with Crippen LogP contribution in [0.1, 0.15) is 52.1 Å². The van der Waals surface area contributed by atoms with Crippen molar-refractivity contribution < 1.29 is 19.1 Å². The highest BCUT2D eigenvalue weighted by Crippen LogP contribution is 2.23. The smallest absolute Gasteiger partial charge is 0.339 e. The van der Waals surface area contributed by atoms with Gasteiger partial charge in [0, 0.05) is 38.7 Å². The first-order valence-electron chi connectivity index (χ1n) is 9.09. The zero-order chi connectivity index (χ0) is 19.6. The lowest BCUT2D eigenvalue weighted by Gasteiger charge is -2.36. The monoisotopic (exact) mass is 372 g/mol. The Kier molecular flexibility index (Phi) is 5.43. The number of hydrogen-bond acceptors (Lipinski definition) is 6. The van der Waals surface area contributed by atoms with Crippen LogP contribution in [-0.2, 0) is 6.42 Å². The lowest BCUT2D eigenvalue weighted by molar-refractivity contribution is 0.0674. The van der Waals surface area contributed by atoms with Crippen molar-refractivity contribution in [3.63, 3.8) is 0 Å². The molecule has 0 radical (unpaired) electrons.